The number of thiocarbonyl (C=S) groups is 1. The number of nitrogens with one attached hydrogen (secondary N) is 2. The number of phenolic OH excluding ortho intramolecular Hbond substituents is 2. The summed E-state index contributed by atoms with van der Waals surface area (Å²) in [5.74, 6) is 0.121. The van der Waals surface area contributed by atoms with Gasteiger partial charge in [0.05, 0.1) is 0 Å². The molecule has 0 amide bonds. The molecule has 4 N–H and O–H groups in total. The number of nitrogens with zero attached hydrogens (tertiary/aromatic N) is 2. The van der Waals surface area contributed by atoms with E-state index in [0.717, 1.165) is 22.2 Å². The van der Waals surface area contributed by atoms with Crippen molar-refractivity contribution in [3.63, 3.8) is 0 Å². The van der Waals surface area contributed by atoms with Crippen LogP contribution in [0.15, 0.2) is 36.4 Å². The zero-order valence-corrected chi connectivity index (χ0v) is 16.3. The van der Waals surface area contributed by atoms with Crippen LogP contribution in [0.2, 0.25) is 0 Å². The van der Waals surface area contributed by atoms with E-state index in [1.807, 2.05) is 31.0 Å². The van der Waals surface area contributed by atoms with Crippen molar-refractivity contribution in [2.24, 2.45) is 7.05 Å². The molecule has 2 aromatic carbocycles. The minimum Gasteiger partial charge on any atom is -0.508 e. The molecule has 1 aliphatic heterocycles. The third kappa shape index (κ3) is 2.79. The van der Waals surface area contributed by atoms with Gasteiger partial charge in [0.2, 0.25) is 0 Å². The lowest BCUT2D eigenvalue weighted by atomic mass is 10.0. The molecule has 7 heteroatoms. The molecule has 0 bridgehead atoms. The molecule has 0 saturated carbocycles. The van der Waals surface area contributed by atoms with Crippen LogP contribution < -0.4 is 15.8 Å². The summed E-state index contributed by atoms with van der Waals surface area (Å²) in [4.78, 5) is 1.93. The van der Waals surface area contributed by atoms with Crippen molar-refractivity contribution in [1.29, 1.82) is 0 Å². The van der Waals surface area contributed by atoms with Crippen molar-refractivity contribution in [1.82, 2.24) is 15.4 Å². The van der Waals surface area contributed by atoms with E-state index in [-0.39, 0.29) is 17.7 Å². The lowest BCUT2D eigenvalue weighted by Gasteiger charge is -2.25. The van der Waals surface area contributed by atoms with E-state index >= 15 is 0 Å². The van der Waals surface area contributed by atoms with Crippen molar-refractivity contribution >= 4 is 33.9 Å². The van der Waals surface area contributed by atoms with Gasteiger partial charge in [-0.25, -0.2) is 5.43 Å². The van der Waals surface area contributed by atoms with E-state index in [1.54, 1.807) is 0 Å². The van der Waals surface area contributed by atoms with Crippen LogP contribution in [-0.2, 0) is 13.5 Å². The number of aromatic nitrogens is 1. The highest BCUT2D eigenvalue weighted by Crippen LogP contribution is 2.37. The third-order valence-electron chi connectivity index (χ3n) is 5.24. The summed E-state index contributed by atoms with van der Waals surface area (Å²) in [6, 6.07) is 11.5. The topological polar surface area (TPSA) is 72.7 Å². The molecule has 0 radical (unpaired) electrons. The van der Waals surface area contributed by atoms with E-state index in [1.165, 1.54) is 11.8 Å². The highest BCUT2D eigenvalue weighted by atomic mass is 32.1. The summed E-state index contributed by atoms with van der Waals surface area (Å²) >= 11 is 5.50. The molecule has 27 heavy (non-hydrogen) atoms. The Hall–Kier alpha value is -2.77. The molecular weight excluding hydrogens is 360 g/mol. The number of benzene rings is 2. The van der Waals surface area contributed by atoms with Gasteiger partial charge < -0.3 is 14.8 Å². The largest absolute Gasteiger partial charge is 0.508 e. The molecule has 1 fully saturated rings. The number of aromatic hydroxyl groups is 2. The smallest absolute Gasteiger partial charge is 0.189 e. The predicted molar refractivity (Wildman–Crippen MR) is 111 cm³/mol. The second-order valence-electron chi connectivity index (χ2n) is 6.83. The fraction of sp³-hybridized carbons (Fsp3) is 0.250. The van der Waals surface area contributed by atoms with Crippen LogP contribution in [0.3, 0.4) is 0 Å². The Bertz CT molecular complexity index is 1060. The number of hydrogen-bond donors (Lipinski definition) is 4. The number of fused-ring (bicyclic) bond motifs is 1. The average Bonchev–Trinajstić information content (AvgIpc) is 3.15. The van der Waals surface area contributed by atoms with Crippen molar-refractivity contribution in [3.8, 4) is 11.5 Å². The van der Waals surface area contributed by atoms with E-state index in [0.29, 0.717) is 17.1 Å². The Morgan fingerprint density at radius 3 is 2.63 bits per heavy atom. The molecule has 1 aliphatic rings. The molecule has 6 nitrogen and oxygen atoms in total. The van der Waals surface area contributed by atoms with Crippen LogP contribution in [0.25, 0.3) is 10.9 Å². The average molecular weight is 382 g/mol. The zero-order valence-electron chi connectivity index (χ0n) is 15.4. The van der Waals surface area contributed by atoms with E-state index in [4.69, 9.17) is 12.2 Å². The first kappa shape index (κ1) is 17.6. The number of anilines is 1. The Morgan fingerprint density at radius 2 is 1.89 bits per heavy atom. The Morgan fingerprint density at radius 1 is 1.11 bits per heavy atom. The SMILES string of the molecule is CCc1cc(C2NNC(=S)N2c2ccc3c(c2)cc(C)n3C)c(O)cc1O. The van der Waals surface area contributed by atoms with Gasteiger partial charge in [-0.1, -0.05) is 6.92 Å². The molecular formula is C20H22N4O2S. The normalized spacial score (nSPS) is 16.9. The van der Waals surface area contributed by atoms with Crippen LogP contribution in [0.4, 0.5) is 5.69 Å². The van der Waals surface area contributed by atoms with Gasteiger partial charge in [-0.15, -0.1) is 0 Å². The van der Waals surface area contributed by atoms with Crippen LogP contribution >= 0.6 is 12.2 Å². The molecule has 0 aliphatic carbocycles. The first-order chi connectivity index (χ1) is 12.9. The molecule has 1 atom stereocenters. The predicted octanol–water partition coefficient (Wildman–Crippen LogP) is 3.36. The Kier molecular flexibility index (Phi) is 4.20. The summed E-state index contributed by atoms with van der Waals surface area (Å²) in [5, 5.41) is 22.1. The van der Waals surface area contributed by atoms with Gasteiger partial charge in [-0.05, 0) is 61.5 Å². The summed E-state index contributed by atoms with van der Waals surface area (Å²) in [5.41, 5.74) is 10.8. The van der Waals surface area contributed by atoms with Gasteiger partial charge in [0.15, 0.2) is 5.11 Å². The van der Waals surface area contributed by atoms with E-state index < -0.39 is 0 Å². The second-order valence-corrected chi connectivity index (χ2v) is 7.21. The number of hydrazine groups is 1. The summed E-state index contributed by atoms with van der Waals surface area (Å²) in [6.45, 7) is 4.04. The number of phenols is 2. The lowest BCUT2D eigenvalue weighted by molar-refractivity contribution is 0.433. The van der Waals surface area contributed by atoms with Gasteiger partial charge >= 0.3 is 0 Å². The minimum absolute atomic E-state index is 0.0235. The summed E-state index contributed by atoms with van der Waals surface area (Å²) in [7, 11) is 2.05. The standard InChI is InChI=1S/C20H22N4O2S/c1-4-12-9-15(18(26)10-17(12)25)19-21-22-20(27)24(19)14-5-6-16-13(8-14)7-11(2)23(16)3/h5-10,19,21,25-26H,4H2,1-3H3,(H,22,27). The van der Waals surface area contributed by atoms with Gasteiger partial charge in [0, 0.05) is 41.0 Å². The molecule has 1 unspecified atom stereocenters. The van der Waals surface area contributed by atoms with Crippen molar-refractivity contribution in [2.75, 3.05) is 4.90 Å². The third-order valence-corrected chi connectivity index (χ3v) is 5.54. The maximum Gasteiger partial charge on any atom is 0.189 e. The van der Waals surface area contributed by atoms with Crippen LogP contribution in [0.1, 0.15) is 29.9 Å². The fourth-order valence-corrected chi connectivity index (χ4v) is 3.89. The quantitative estimate of drug-likeness (QED) is 0.521. The Labute approximate surface area is 163 Å². The summed E-state index contributed by atoms with van der Waals surface area (Å²) in [6.07, 6.45) is 0.282. The zero-order chi connectivity index (χ0) is 19.3. The first-order valence-corrected chi connectivity index (χ1v) is 9.27. The van der Waals surface area contributed by atoms with Gasteiger partial charge in [0.1, 0.15) is 17.7 Å². The minimum atomic E-state index is -0.384. The van der Waals surface area contributed by atoms with Crippen molar-refractivity contribution in [2.45, 2.75) is 26.4 Å². The highest BCUT2D eigenvalue weighted by molar-refractivity contribution is 7.80. The van der Waals surface area contributed by atoms with Gasteiger partial charge in [0.25, 0.3) is 0 Å². The highest BCUT2D eigenvalue weighted by Gasteiger charge is 2.32. The first-order valence-electron chi connectivity index (χ1n) is 8.86. The maximum atomic E-state index is 10.4. The number of rotatable bonds is 3. The molecule has 1 aromatic heterocycles. The lowest BCUT2D eigenvalue weighted by Crippen LogP contribution is -2.29. The van der Waals surface area contributed by atoms with Crippen LogP contribution in [-0.4, -0.2) is 19.9 Å². The molecule has 2 heterocycles. The molecule has 4 rings (SSSR count). The molecule has 1 saturated heterocycles. The van der Waals surface area contributed by atoms with Gasteiger partial charge in [-0.3, -0.25) is 10.3 Å². The molecule has 0 spiro atoms. The van der Waals surface area contributed by atoms with Crippen molar-refractivity contribution < 1.29 is 10.2 Å². The maximum absolute atomic E-state index is 10.4. The monoisotopic (exact) mass is 382 g/mol. The van der Waals surface area contributed by atoms with Crippen LogP contribution in [0, 0.1) is 6.92 Å². The number of hydrogen-bond acceptors (Lipinski definition) is 4. The van der Waals surface area contributed by atoms with E-state index in [2.05, 4.69) is 40.5 Å². The van der Waals surface area contributed by atoms with Crippen molar-refractivity contribution in [3.05, 3.63) is 53.2 Å². The summed E-state index contributed by atoms with van der Waals surface area (Å²) < 4.78 is 2.15. The van der Waals surface area contributed by atoms with Crippen LogP contribution in [0.5, 0.6) is 11.5 Å². The fourth-order valence-electron chi connectivity index (χ4n) is 3.62. The Balaban J connectivity index is 1.81. The molecule has 140 valence electrons. The van der Waals surface area contributed by atoms with Gasteiger partial charge in [-0.2, -0.15) is 0 Å². The number of aryl methyl sites for hydroxylation is 3. The molecule has 3 aromatic rings. The second kappa shape index (κ2) is 6.44. The van der Waals surface area contributed by atoms with E-state index in [9.17, 15) is 10.2 Å².